The molecule has 6 heteroatoms. The Bertz CT molecular complexity index is 685. The van der Waals surface area contributed by atoms with Crippen LogP contribution >= 0.6 is 0 Å². The van der Waals surface area contributed by atoms with Crippen LogP contribution in [0.5, 0.6) is 0 Å². The molecule has 0 spiro atoms. The lowest BCUT2D eigenvalue weighted by Crippen LogP contribution is -2.26. The summed E-state index contributed by atoms with van der Waals surface area (Å²) in [5, 5.41) is 0. The molecule has 20 heavy (non-hydrogen) atoms. The standard InChI is InChI=1S/C14H15FN2O2S/c15-14-4-2-1-3-11(14)9-10-17-20(18,19)13-7-5-12(16)6-8-13/h1-8,17H,9-10,16H2. The van der Waals surface area contributed by atoms with E-state index in [1.807, 2.05) is 0 Å². The number of hydrogen-bond acceptors (Lipinski definition) is 3. The minimum Gasteiger partial charge on any atom is -0.399 e. The fraction of sp³-hybridized carbons (Fsp3) is 0.143. The van der Waals surface area contributed by atoms with Gasteiger partial charge < -0.3 is 5.73 Å². The molecule has 106 valence electrons. The van der Waals surface area contributed by atoms with Crippen LogP contribution in [0.3, 0.4) is 0 Å². The molecule has 0 amide bonds. The van der Waals surface area contributed by atoms with Crippen LogP contribution in [0.4, 0.5) is 10.1 Å². The van der Waals surface area contributed by atoms with Crippen molar-refractivity contribution in [3.63, 3.8) is 0 Å². The van der Waals surface area contributed by atoms with Crippen LogP contribution in [0.1, 0.15) is 5.56 Å². The maximum atomic E-state index is 13.4. The second-order valence-electron chi connectivity index (χ2n) is 4.31. The number of nitrogen functional groups attached to an aromatic ring is 1. The Labute approximate surface area is 117 Å². The summed E-state index contributed by atoms with van der Waals surface area (Å²) >= 11 is 0. The highest BCUT2D eigenvalue weighted by molar-refractivity contribution is 7.89. The number of nitrogens with one attached hydrogen (secondary N) is 1. The number of sulfonamides is 1. The normalized spacial score (nSPS) is 11.4. The highest BCUT2D eigenvalue weighted by Crippen LogP contribution is 2.12. The van der Waals surface area contributed by atoms with Gasteiger partial charge in [0.2, 0.25) is 10.0 Å². The number of hydrogen-bond donors (Lipinski definition) is 2. The van der Waals surface area contributed by atoms with E-state index in [-0.39, 0.29) is 17.3 Å². The van der Waals surface area contributed by atoms with Gasteiger partial charge in [0.25, 0.3) is 0 Å². The first-order chi connectivity index (χ1) is 9.49. The van der Waals surface area contributed by atoms with Crippen molar-refractivity contribution < 1.29 is 12.8 Å². The van der Waals surface area contributed by atoms with E-state index in [1.54, 1.807) is 18.2 Å². The zero-order valence-corrected chi connectivity index (χ0v) is 11.5. The van der Waals surface area contributed by atoms with Crippen LogP contribution in [-0.4, -0.2) is 15.0 Å². The molecule has 2 rings (SSSR count). The Morgan fingerprint density at radius 1 is 1.05 bits per heavy atom. The summed E-state index contributed by atoms with van der Waals surface area (Å²) in [5.41, 5.74) is 6.48. The number of rotatable bonds is 5. The summed E-state index contributed by atoms with van der Waals surface area (Å²) in [6.45, 7) is 0.133. The van der Waals surface area contributed by atoms with E-state index in [0.29, 0.717) is 17.7 Å². The van der Waals surface area contributed by atoms with Gasteiger partial charge in [-0.2, -0.15) is 0 Å². The summed E-state index contributed by atoms with van der Waals surface area (Å²) in [6, 6.07) is 12.2. The van der Waals surface area contributed by atoms with Crippen LogP contribution in [0.15, 0.2) is 53.4 Å². The van der Waals surface area contributed by atoms with Crippen LogP contribution in [0.2, 0.25) is 0 Å². The van der Waals surface area contributed by atoms with E-state index >= 15 is 0 Å². The molecular weight excluding hydrogens is 279 g/mol. The Kier molecular flexibility index (Phi) is 4.36. The van der Waals surface area contributed by atoms with Crippen molar-refractivity contribution in [1.82, 2.24) is 4.72 Å². The molecule has 0 saturated heterocycles. The van der Waals surface area contributed by atoms with Crippen molar-refractivity contribution in [3.8, 4) is 0 Å². The lowest BCUT2D eigenvalue weighted by molar-refractivity contribution is 0.577. The predicted molar refractivity (Wildman–Crippen MR) is 76.1 cm³/mol. The molecule has 0 atom stereocenters. The number of nitrogens with two attached hydrogens (primary N) is 1. The van der Waals surface area contributed by atoms with Gasteiger partial charge in [0.05, 0.1) is 4.90 Å². The molecule has 0 heterocycles. The maximum Gasteiger partial charge on any atom is 0.240 e. The Morgan fingerprint density at radius 2 is 1.70 bits per heavy atom. The van der Waals surface area contributed by atoms with E-state index in [0.717, 1.165) is 0 Å². The lowest BCUT2D eigenvalue weighted by Gasteiger charge is -2.07. The van der Waals surface area contributed by atoms with Crippen LogP contribution in [0, 0.1) is 5.82 Å². The molecule has 0 unspecified atom stereocenters. The van der Waals surface area contributed by atoms with Gasteiger partial charge in [0.1, 0.15) is 5.82 Å². The van der Waals surface area contributed by atoms with E-state index in [4.69, 9.17) is 5.73 Å². The highest BCUT2D eigenvalue weighted by atomic mass is 32.2. The average Bonchev–Trinajstić information content (AvgIpc) is 2.41. The van der Waals surface area contributed by atoms with Gasteiger partial charge in [-0.05, 0) is 42.3 Å². The highest BCUT2D eigenvalue weighted by Gasteiger charge is 2.13. The monoisotopic (exact) mass is 294 g/mol. The Morgan fingerprint density at radius 3 is 2.35 bits per heavy atom. The summed E-state index contributed by atoms with van der Waals surface area (Å²) in [6.07, 6.45) is 0.293. The summed E-state index contributed by atoms with van der Waals surface area (Å²) in [7, 11) is -3.59. The van der Waals surface area contributed by atoms with Gasteiger partial charge in [-0.3, -0.25) is 0 Å². The summed E-state index contributed by atoms with van der Waals surface area (Å²) in [5.74, 6) is -0.334. The first kappa shape index (κ1) is 14.5. The molecule has 2 aromatic carbocycles. The summed E-state index contributed by atoms with van der Waals surface area (Å²) in [4.78, 5) is 0.139. The lowest BCUT2D eigenvalue weighted by atomic mass is 10.1. The Hall–Kier alpha value is -1.92. The van der Waals surface area contributed by atoms with E-state index in [1.165, 1.54) is 30.3 Å². The SMILES string of the molecule is Nc1ccc(S(=O)(=O)NCCc2ccccc2F)cc1. The fourth-order valence-electron chi connectivity index (χ4n) is 1.75. The van der Waals surface area contributed by atoms with Crippen molar-refractivity contribution >= 4 is 15.7 Å². The van der Waals surface area contributed by atoms with Gasteiger partial charge in [-0.25, -0.2) is 17.5 Å². The molecular formula is C14H15FN2O2S. The van der Waals surface area contributed by atoms with Gasteiger partial charge in [-0.1, -0.05) is 18.2 Å². The maximum absolute atomic E-state index is 13.4. The van der Waals surface area contributed by atoms with Crippen LogP contribution in [-0.2, 0) is 16.4 Å². The quantitative estimate of drug-likeness (QED) is 0.828. The van der Waals surface area contributed by atoms with Crippen molar-refractivity contribution in [2.45, 2.75) is 11.3 Å². The van der Waals surface area contributed by atoms with Gasteiger partial charge in [-0.15, -0.1) is 0 Å². The molecule has 2 aromatic rings. The number of benzene rings is 2. The van der Waals surface area contributed by atoms with Crippen LogP contribution < -0.4 is 10.5 Å². The Balaban J connectivity index is 2.00. The molecule has 0 aliphatic rings. The van der Waals surface area contributed by atoms with E-state index in [9.17, 15) is 12.8 Å². The molecule has 0 aliphatic heterocycles. The smallest absolute Gasteiger partial charge is 0.240 e. The molecule has 3 N–H and O–H groups in total. The predicted octanol–water partition coefficient (Wildman–Crippen LogP) is 1.93. The average molecular weight is 294 g/mol. The van der Waals surface area contributed by atoms with E-state index in [2.05, 4.69) is 4.72 Å². The van der Waals surface area contributed by atoms with E-state index < -0.39 is 10.0 Å². The first-order valence-corrected chi connectivity index (χ1v) is 7.56. The molecule has 0 aromatic heterocycles. The zero-order valence-electron chi connectivity index (χ0n) is 10.7. The minimum absolute atomic E-state index is 0.133. The third kappa shape index (κ3) is 3.55. The topological polar surface area (TPSA) is 72.2 Å². The largest absolute Gasteiger partial charge is 0.399 e. The molecule has 0 aliphatic carbocycles. The second-order valence-corrected chi connectivity index (χ2v) is 6.08. The molecule has 0 bridgehead atoms. The van der Waals surface area contributed by atoms with Crippen molar-refractivity contribution in [3.05, 3.63) is 59.9 Å². The number of anilines is 1. The molecule has 4 nitrogen and oxygen atoms in total. The van der Waals surface area contributed by atoms with Gasteiger partial charge >= 0.3 is 0 Å². The third-order valence-electron chi connectivity index (χ3n) is 2.83. The van der Waals surface area contributed by atoms with Crippen molar-refractivity contribution in [2.24, 2.45) is 0 Å². The minimum atomic E-state index is -3.59. The van der Waals surface area contributed by atoms with Crippen molar-refractivity contribution in [1.29, 1.82) is 0 Å². The number of halogens is 1. The second kappa shape index (κ2) is 6.02. The molecule has 0 radical (unpaired) electrons. The molecule has 0 fully saturated rings. The van der Waals surface area contributed by atoms with Crippen LogP contribution in [0.25, 0.3) is 0 Å². The zero-order chi connectivity index (χ0) is 14.6. The summed E-state index contributed by atoms with van der Waals surface area (Å²) < 4.78 is 39.8. The van der Waals surface area contributed by atoms with Crippen molar-refractivity contribution in [2.75, 3.05) is 12.3 Å². The third-order valence-corrected chi connectivity index (χ3v) is 4.31. The van der Waals surface area contributed by atoms with Gasteiger partial charge in [0.15, 0.2) is 0 Å². The fourth-order valence-corrected chi connectivity index (χ4v) is 2.78. The molecule has 0 saturated carbocycles. The van der Waals surface area contributed by atoms with Gasteiger partial charge in [0, 0.05) is 12.2 Å². The first-order valence-electron chi connectivity index (χ1n) is 6.08.